The largest absolute Gasteiger partial charge is 0.369 e. The van der Waals surface area contributed by atoms with Crippen molar-refractivity contribution in [3.63, 3.8) is 0 Å². The first-order valence-electron chi connectivity index (χ1n) is 3.71. The lowest BCUT2D eigenvalue weighted by molar-refractivity contribution is 0.00895. The molecule has 0 aliphatic rings. The first-order chi connectivity index (χ1) is 6.22. The van der Waals surface area contributed by atoms with E-state index in [0.29, 0.717) is 12.2 Å². The number of nitrogens with zero attached hydrogens (tertiary/aromatic N) is 1. The summed E-state index contributed by atoms with van der Waals surface area (Å²) in [5.74, 6) is 0. The number of nitrogens with two attached hydrogens (primary N) is 1. The van der Waals surface area contributed by atoms with Crippen LogP contribution in [-0.2, 0) is 17.9 Å². The minimum atomic E-state index is -2.42. The van der Waals surface area contributed by atoms with Crippen LogP contribution in [0.4, 0.5) is 8.78 Å². The molecule has 74 valence electrons. The number of hydrogen-bond donors (Lipinski definition) is 1. The highest BCUT2D eigenvalue weighted by Crippen LogP contribution is 2.09. The lowest BCUT2D eigenvalue weighted by Gasteiger charge is -1.99. The van der Waals surface area contributed by atoms with Gasteiger partial charge in [-0.15, -0.1) is 11.3 Å². The van der Waals surface area contributed by atoms with Crippen LogP contribution in [0.1, 0.15) is 10.7 Å². The average molecular weight is 208 g/mol. The number of halogens is 2. The quantitative estimate of drug-likeness (QED) is 0.795. The van der Waals surface area contributed by atoms with Gasteiger partial charge in [0.1, 0.15) is 11.6 Å². The van der Waals surface area contributed by atoms with E-state index >= 15 is 0 Å². The maximum atomic E-state index is 11.6. The predicted molar refractivity (Wildman–Crippen MR) is 45.7 cm³/mol. The highest BCUT2D eigenvalue weighted by Gasteiger charge is 2.04. The molecule has 1 heterocycles. The van der Waals surface area contributed by atoms with Crippen LogP contribution >= 0.6 is 11.3 Å². The van der Waals surface area contributed by atoms with Crippen LogP contribution in [0.2, 0.25) is 0 Å². The van der Waals surface area contributed by atoms with Gasteiger partial charge in [0.2, 0.25) is 0 Å². The van der Waals surface area contributed by atoms with Crippen LogP contribution in [0.15, 0.2) is 5.38 Å². The van der Waals surface area contributed by atoms with Crippen molar-refractivity contribution < 1.29 is 13.5 Å². The van der Waals surface area contributed by atoms with Crippen molar-refractivity contribution in [3.8, 4) is 0 Å². The van der Waals surface area contributed by atoms with Crippen LogP contribution in [0.25, 0.3) is 0 Å². The molecule has 0 bridgehead atoms. The Morgan fingerprint density at radius 3 is 2.92 bits per heavy atom. The van der Waals surface area contributed by atoms with Gasteiger partial charge < -0.3 is 10.5 Å². The van der Waals surface area contributed by atoms with Crippen LogP contribution < -0.4 is 5.73 Å². The molecule has 1 rings (SSSR count). The van der Waals surface area contributed by atoms with E-state index in [1.807, 2.05) is 0 Å². The molecule has 0 aromatic carbocycles. The molecule has 1 aromatic rings. The Labute approximate surface area is 78.5 Å². The van der Waals surface area contributed by atoms with Gasteiger partial charge in [0.05, 0.1) is 12.3 Å². The van der Waals surface area contributed by atoms with Gasteiger partial charge in [-0.2, -0.15) is 0 Å². The molecule has 2 N–H and O–H groups in total. The van der Waals surface area contributed by atoms with Crippen LogP contribution in [0.5, 0.6) is 0 Å². The van der Waals surface area contributed by atoms with Crippen LogP contribution in [0, 0.1) is 0 Å². The zero-order valence-electron chi connectivity index (χ0n) is 6.87. The van der Waals surface area contributed by atoms with Crippen molar-refractivity contribution in [2.45, 2.75) is 19.6 Å². The average Bonchev–Trinajstić information content (AvgIpc) is 2.52. The zero-order chi connectivity index (χ0) is 9.68. The molecule has 0 amide bonds. The molecular weight excluding hydrogens is 198 g/mol. The minimum Gasteiger partial charge on any atom is -0.369 e. The SMILES string of the molecule is NCc1nc(COCC(F)F)cs1. The molecule has 3 nitrogen and oxygen atoms in total. The van der Waals surface area contributed by atoms with Gasteiger partial charge in [0.25, 0.3) is 6.43 Å². The lowest BCUT2D eigenvalue weighted by atomic mass is 10.5. The van der Waals surface area contributed by atoms with Crippen molar-refractivity contribution in [2.75, 3.05) is 6.61 Å². The molecule has 0 aliphatic heterocycles. The zero-order valence-corrected chi connectivity index (χ0v) is 7.69. The molecule has 0 spiro atoms. The molecule has 6 heteroatoms. The van der Waals surface area contributed by atoms with Gasteiger partial charge >= 0.3 is 0 Å². The third kappa shape index (κ3) is 3.75. The third-order valence-electron chi connectivity index (χ3n) is 1.27. The van der Waals surface area contributed by atoms with Gasteiger partial charge in [-0.25, -0.2) is 13.8 Å². The van der Waals surface area contributed by atoms with Crippen LogP contribution in [0.3, 0.4) is 0 Å². The van der Waals surface area contributed by atoms with Crippen molar-refractivity contribution in [1.29, 1.82) is 0 Å². The molecule has 0 unspecified atom stereocenters. The van der Waals surface area contributed by atoms with Gasteiger partial charge in [-0.05, 0) is 0 Å². The predicted octanol–water partition coefficient (Wildman–Crippen LogP) is 1.38. The van der Waals surface area contributed by atoms with E-state index in [0.717, 1.165) is 5.01 Å². The van der Waals surface area contributed by atoms with Crippen molar-refractivity contribution >= 4 is 11.3 Å². The second-order valence-electron chi connectivity index (χ2n) is 2.34. The number of hydrogen-bond acceptors (Lipinski definition) is 4. The molecule has 0 saturated carbocycles. The fourth-order valence-electron chi connectivity index (χ4n) is 0.762. The van der Waals surface area contributed by atoms with E-state index < -0.39 is 13.0 Å². The monoisotopic (exact) mass is 208 g/mol. The Bertz CT molecular complexity index is 254. The van der Waals surface area contributed by atoms with E-state index in [1.165, 1.54) is 11.3 Å². The molecule has 1 aromatic heterocycles. The van der Waals surface area contributed by atoms with Crippen molar-refractivity contribution in [1.82, 2.24) is 4.98 Å². The van der Waals surface area contributed by atoms with E-state index in [4.69, 9.17) is 10.5 Å². The highest BCUT2D eigenvalue weighted by atomic mass is 32.1. The summed E-state index contributed by atoms with van der Waals surface area (Å²) in [7, 11) is 0. The third-order valence-corrected chi connectivity index (χ3v) is 2.19. The number of aromatic nitrogens is 1. The minimum absolute atomic E-state index is 0.126. The molecule has 0 aliphatic carbocycles. The first kappa shape index (κ1) is 10.5. The smallest absolute Gasteiger partial charge is 0.261 e. The number of alkyl halides is 2. The second-order valence-corrected chi connectivity index (χ2v) is 3.29. The molecule has 0 radical (unpaired) electrons. The molecule has 13 heavy (non-hydrogen) atoms. The van der Waals surface area contributed by atoms with E-state index in [1.54, 1.807) is 5.38 Å². The standard InChI is InChI=1S/C7H10F2N2OS/c8-6(9)3-12-2-5-4-13-7(1-10)11-5/h4,6H,1-3,10H2. The summed E-state index contributed by atoms with van der Waals surface area (Å²) >= 11 is 1.40. The van der Waals surface area contributed by atoms with Crippen molar-refractivity contribution in [3.05, 3.63) is 16.1 Å². The van der Waals surface area contributed by atoms with E-state index in [9.17, 15) is 8.78 Å². The Balaban J connectivity index is 2.28. The van der Waals surface area contributed by atoms with Gasteiger partial charge in [0, 0.05) is 11.9 Å². The fourth-order valence-corrected chi connectivity index (χ4v) is 1.42. The summed E-state index contributed by atoms with van der Waals surface area (Å²) in [5.41, 5.74) is 5.99. The van der Waals surface area contributed by atoms with Crippen molar-refractivity contribution in [2.24, 2.45) is 5.73 Å². The normalized spacial score (nSPS) is 11.1. The Morgan fingerprint density at radius 2 is 2.38 bits per heavy atom. The fraction of sp³-hybridized carbons (Fsp3) is 0.571. The summed E-state index contributed by atoms with van der Waals surface area (Å²) < 4.78 is 28.0. The molecular formula is C7H10F2N2OS. The summed E-state index contributed by atoms with van der Waals surface area (Å²) in [6, 6.07) is 0. The van der Waals surface area contributed by atoms with Gasteiger partial charge in [-0.3, -0.25) is 0 Å². The topological polar surface area (TPSA) is 48.1 Å². The summed E-state index contributed by atoms with van der Waals surface area (Å²) in [5, 5.41) is 2.55. The molecule has 0 fully saturated rings. The highest BCUT2D eigenvalue weighted by molar-refractivity contribution is 7.09. The van der Waals surface area contributed by atoms with Crippen LogP contribution in [-0.4, -0.2) is 18.0 Å². The first-order valence-corrected chi connectivity index (χ1v) is 4.59. The van der Waals surface area contributed by atoms with E-state index in [2.05, 4.69) is 4.98 Å². The molecule has 0 atom stereocenters. The second kappa shape index (κ2) is 5.21. The maximum absolute atomic E-state index is 11.6. The summed E-state index contributed by atoms with van der Waals surface area (Å²) in [6.07, 6.45) is -2.42. The Kier molecular flexibility index (Phi) is 4.20. The van der Waals surface area contributed by atoms with Gasteiger partial charge in [0.15, 0.2) is 0 Å². The Morgan fingerprint density at radius 1 is 1.62 bits per heavy atom. The van der Waals surface area contributed by atoms with Gasteiger partial charge in [-0.1, -0.05) is 0 Å². The van der Waals surface area contributed by atoms with E-state index in [-0.39, 0.29) is 6.61 Å². The number of thiazole rings is 1. The lowest BCUT2D eigenvalue weighted by Crippen LogP contribution is -2.04. The maximum Gasteiger partial charge on any atom is 0.261 e. The molecule has 0 saturated heterocycles. The summed E-state index contributed by atoms with van der Waals surface area (Å²) in [4.78, 5) is 4.05. The Hall–Kier alpha value is -0.590. The number of rotatable bonds is 5. The number of ether oxygens (including phenoxy) is 1. The summed E-state index contributed by atoms with van der Waals surface area (Å²) in [6.45, 7) is -0.0458.